The van der Waals surface area contributed by atoms with Crippen molar-refractivity contribution in [2.75, 3.05) is 30.4 Å². The number of carbonyl (C=O) groups is 1. The Hall–Kier alpha value is -2.94. The molecule has 0 radical (unpaired) electrons. The fourth-order valence-electron chi connectivity index (χ4n) is 3.12. The normalized spacial score (nSPS) is 11.1. The molecule has 0 heterocycles. The topological polar surface area (TPSA) is 84.9 Å². The first kappa shape index (κ1) is 24.7. The van der Waals surface area contributed by atoms with Gasteiger partial charge in [0, 0.05) is 15.7 Å². The molecule has 0 atom stereocenters. The van der Waals surface area contributed by atoms with Crippen molar-refractivity contribution >= 4 is 50.5 Å². The number of hydrogen-bond donors (Lipinski definition) is 1. The second-order valence-corrected chi connectivity index (χ2v) is 9.77. The van der Waals surface area contributed by atoms with Gasteiger partial charge in [-0.25, -0.2) is 8.42 Å². The molecule has 0 aliphatic heterocycles. The highest BCUT2D eigenvalue weighted by Gasteiger charge is 2.30. The smallest absolute Gasteiger partial charge is 0.268 e. The summed E-state index contributed by atoms with van der Waals surface area (Å²) in [5.41, 5.74) is 1.35. The fraction of sp³-hybridized carbons (Fsp3) is 0.174. The van der Waals surface area contributed by atoms with Gasteiger partial charge in [0.25, 0.3) is 10.0 Å². The predicted octanol–water partition coefficient (Wildman–Crippen LogP) is 5.15. The van der Waals surface area contributed by atoms with Crippen molar-refractivity contribution < 1.29 is 22.7 Å². The van der Waals surface area contributed by atoms with Crippen LogP contribution in [-0.2, 0) is 14.8 Å². The third-order valence-corrected chi connectivity index (χ3v) is 6.91. The van der Waals surface area contributed by atoms with E-state index in [4.69, 9.17) is 32.7 Å². The van der Waals surface area contributed by atoms with Gasteiger partial charge in [0.15, 0.2) is 0 Å². The van der Waals surface area contributed by atoms with E-state index in [-0.39, 0.29) is 16.3 Å². The average Bonchev–Trinajstić information content (AvgIpc) is 2.76. The lowest BCUT2D eigenvalue weighted by atomic mass is 10.2. The molecule has 1 N–H and O–H groups in total. The number of halogens is 2. The van der Waals surface area contributed by atoms with E-state index in [1.54, 1.807) is 43.3 Å². The second-order valence-electron chi connectivity index (χ2n) is 7.07. The first-order chi connectivity index (χ1) is 15.6. The van der Waals surface area contributed by atoms with Crippen LogP contribution in [0.1, 0.15) is 5.56 Å². The van der Waals surface area contributed by atoms with E-state index in [1.807, 2.05) is 0 Å². The van der Waals surface area contributed by atoms with E-state index in [0.29, 0.717) is 21.5 Å². The molecule has 0 unspecified atom stereocenters. The molecule has 174 valence electrons. The number of nitrogens with zero attached hydrogens (tertiary/aromatic N) is 1. The highest BCUT2D eigenvalue weighted by atomic mass is 35.5. The van der Waals surface area contributed by atoms with Crippen molar-refractivity contribution in [2.24, 2.45) is 0 Å². The van der Waals surface area contributed by atoms with Gasteiger partial charge in [-0.3, -0.25) is 9.10 Å². The molecular weight excluding hydrogens is 487 g/mol. The molecule has 3 rings (SSSR count). The zero-order chi connectivity index (χ0) is 24.2. The summed E-state index contributed by atoms with van der Waals surface area (Å²) in [4.78, 5) is 12.8. The number of aryl methyl sites for hydroxylation is 1. The number of carbonyl (C=O) groups excluding carboxylic acids is 1. The molecule has 3 aromatic carbocycles. The summed E-state index contributed by atoms with van der Waals surface area (Å²) in [5.74, 6) is 0.128. The van der Waals surface area contributed by atoms with E-state index in [9.17, 15) is 13.2 Å². The van der Waals surface area contributed by atoms with Crippen LogP contribution < -0.4 is 19.1 Å². The zero-order valence-electron chi connectivity index (χ0n) is 18.1. The maximum absolute atomic E-state index is 13.7. The highest BCUT2D eigenvalue weighted by molar-refractivity contribution is 7.93. The van der Waals surface area contributed by atoms with Crippen molar-refractivity contribution in [1.29, 1.82) is 0 Å². The molecule has 0 aromatic heterocycles. The molecule has 0 saturated carbocycles. The molecule has 0 spiro atoms. The van der Waals surface area contributed by atoms with Gasteiger partial charge >= 0.3 is 0 Å². The predicted molar refractivity (Wildman–Crippen MR) is 130 cm³/mol. The molecule has 10 heteroatoms. The third kappa shape index (κ3) is 5.90. The number of amides is 1. The lowest BCUT2D eigenvalue weighted by Gasteiger charge is -2.25. The van der Waals surface area contributed by atoms with Crippen LogP contribution in [0.2, 0.25) is 10.0 Å². The SMILES string of the molecule is COc1ccc(N(CC(=O)Nc2cc(Cl)cc(Cl)c2)S(=O)(=O)c2cc(C)ccc2OC)cc1. The average molecular weight is 509 g/mol. The van der Waals surface area contributed by atoms with Crippen LogP contribution >= 0.6 is 23.2 Å². The van der Waals surface area contributed by atoms with Gasteiger partial charge in [-0.2, -0.15) is 0 Å². The minimum Gasteiger partial charge on any atom is -0.497 e. The monoisotopic (exact) mass is 508 g/mol. The Morgan fingerprint density at radius 3 is 2.15 bits per heavy atom. The summed E-state index contributed by atoms with van der Waals surface area (Å²) >= 11 is 12.0. The molecule has 0 fully saturated rings. The number of nitrogens with one attached hydrogen (secondary N) is 1. The number of ether oxygens (including phenoxy) is 2. The van der Waals surface area contributed by atoms with Crippen molar-refractivity contribution in [3.63, 3.8) is 0 Å². The Kier molecular flexibility index (Phi) is 7.73. The third-order valence-electron chi connectivity index (χ3n) is 4.68. The number of methoxy groups -OCH3 is 2. The van der Waals surface area contributed by atoms with Crippen LogP contribution in [-0.4, -0.2) is 35.1 Å². The molecular formula is C23H22Cl2N2O5S. The fourth-order valence-corrected chi connectivity index (χ4v) is 5.32. The van der Waals surface area contributed by atoms with Crippen molar-refractivity contribution in [3.8, 4) is 11.5 Å². The second kappa shape index (κ2) is 10.3. The number of rotatable bonds is 8. The first-order valence-electron chi connectivity index (χ1n) is 9.71. The van der Waals surface area contributed by atoms with Crippen LogP contribution in [0, 0.1) is 6.92 Å². The number of benzene rings is 3. The molecule has 33 heavy (non-hydrogen) atoms. The van der Waals surface area contributed by atoms with Gasteiger partial charge in [0.05, 0.1) is 19.9 Å². The Morgan fingerprint density at radius 1 is 0.939 bits per heavy atom. The summed E-state index contributed by atoms with van der Waals surface area (Å²) in [7, 11) is -1.30. The van der Waals surface area contributed by atoms with Crippen molar-refractivity contribution in [2.45, 2.75) is 11.8 Å². The van der Waals surface area contributed by atoms with Gasteiger partial charge in [0.2, 0.25) is 5.91 Å². The van der Waals surface area contributed by atoms with Crippen LogP contribution in [0.5, 0.6) is 11.5 Å². The number of hydrogen-bond acceptors (Lipinski definition) is 5. The van der Waals surface area contributed by atoms with Crippen LogP contribution in [0.4, 0.5) is 11.4 Å². The molecule has 0 aliphatic carbocycles. The zero-order valence-corrected chi connectivity index (χ0v) is 20.5. The first-order valence-corrected chi connectivity index (χ1v) is 11.9. The van der Waals surface area contributed by atoms with E-state index in [0.717, 1.165) is 9.87 Å². The minimum absolute atomic E-state index is 0.0561. The maximum Gasteiger partial charge on any atom is 0.268 e. The lowest BCUT2D eigenvalue weighted by molar-refractivity contribution is -0.114. The highest BCUT2D eigenvalue weighted by Crippen LogP contribution is 2.32. The summed E-state index contributed by atoms with van der Waals surface area (Å²) < 4.78 is 38.9. The van der Waals surface area contributed by atoms with Gasteiger partial charge in [-0.15, -0.1) is 0 Å². The number of anilines is 2. The van der Waals surface area contributed by atoms with E-state index in [1.165, 1.54) is 38.5 Å². The molecule has 3 aromatic rings. The molecule has 0 saturated heterocycles. The molecule has 1 amide bonds. The summed E-state index contributed by atoms with van der Waals surface area (Å²) in [5, 5.41) is 3.31. The Balaban J connectivity index is 2.02. The van der Waals surface area contributed by atoms with Crippen molar-refractivity contribution in [1.82, 2.24) is 0 Å². The van der Waals surface area contributed by atoms with E-state index in [2.05, 4.69) is 5.32 Å². The van der Waals surface area contributed by atoms with E-state index >= 15 is 0 Å². The molecule has 7 nitrogen and oxygen atoms in total. The van der Waals surface area contributed by atoms with Crippen molar-refractivity contribution in [3.05, 3.63) is 76.3 Å². The van der Waals surface area contributed by atoms with Crippen LogP contribution in [0.25, 0.3) is 0 Å². The van der Waals surface area contributed by atoms with Gasteiger partial charge in [-0.05, 0) is 67.1 Å². The molecule has 0 aliphatic rings. The number of sulfonamides is 1. The quantitative estimate of drug-likeness (QED) is 0.454. The summed E-state index contributed by atoms with van der Waals surface area (Å²) in [6.45, 7) is 1.27. The Morgan fingerprint density at radius 2 is 1.58 bits per heavy atom. The van der Waals surface area contributed by atoms with Gasteiger partial charge in [0.1, 0.15) is 22.9 Å². The summed E-state index contributed by atoms with van der Waals surface area (Å²) in [6, 6.07) is 15.7. The Bertz CT molecular complexity index is 1240. The maximum atomic E-state index is 13.7. The Labute approximate surface area is 202 Å². The van der Waals surface area contributed by atoms with Crippen LogP contribution in [0.15, 0.2) is 65.6 Å². The largest absolute Gasteiger partial charge is 0.497 e. The van der Waals surface area contributed by atoms with Gasteiger partial charge < -0.3 is 14.8 Å². The van der Waals surface area contributed by atoms with E-state index < -0.39 is 22.5 Å². The summed E-state index contributed by atoms with van der Waals surface area (Å²) in [6.07, 6.45) is 0. The van der Waals surface area contributed by atoms with Gasteiger partial charge in [-0.1, -0.05) is 29.3 Å². The minimum atomic E-state index is -4.19. The molecule has 0 bridgehead atoms. The van der Waals surface area contributed by atoms with Crippen LogP contribution in [0.3, 0.4) is 0 Å². The lowest BCUT2D eigenvalue weighted by Crippen LogP contribution is -2.38. The standard InChI is InChI=1S/C23H22Cl2N2O5S/c1-15-4-9-21(32-3)22(10-15)33(29,30)27(19-5-7-20(31-2)8-6-19)14-23(28)26-18-12-16(24)11-17(25)13-18/h4-13H,14H2,1-3H3,(H,26,28).